The number of hydrogen-bond acceptors (Lipinski definition) is 4. The van der Waals surface area contributed by atoms with Crippen molar-refractivity contribution in [1.29, 1.82) is 0 Å². The van der Waals surface area contributed by atoms with E-state index in [0.29, 0.717) is 16.6 Å². The van der Waals surface area contributed by atoms with E-state index in [0.717, 1.165) is 11.1 Å². The van der Waals surface area contributed by atoms with Crippen LogP contribution in [0, 0.1) is 6.92 Å². The summed E-state index contributed by atoms with van der Waals surface area (Å²) < 4.78 is 0. The summed E-state index contributed by atoms with van der Waals surface area (Å²) in [6.45, 7) is 1.90. The average Bonchev–Trinajstić information content (AvgIpc) is 2.47. The molecule has 0 fully saturated rings. The minimum Gasteiger partial charge on any atom is -0.545 e. The second-order valence-corrected chi connectivity index (χ2v) is 4.56. The molecule has 0 bridgehead atoms. The number of fused-ring (bicyclic) bond motifs is 1. The summed E-state index contributed by atoms with van der Waals surface area (Å²) in [7, 11) is 0. The van der Waals surface area contributed by atoms with E-state index in [2.05, 4.69) is 9.97 Å². The molecular weight excluding hydrogens is 291 g/mol. The number of nitrogens with zero attached hydrogens (tertiary/aromatic N) is 2. The van der Waals surface area contributed by atoms with Crippen LogP contribution in [0.2, 0.25) is 0 Å². The van der Waals surface area contributed by atoms with Crippen molar-refractivity contribution in [2.24, 2.45) is 0 Å². The van der Waals surface area contributed by atoms with E-state index in [9.17, 15) is 9.90 Å². The van der Waals surface area contributed by atoms with Gasteiger partial charge in [-0.25, -0.2) is 4.98 Å². The van der Waals surface area contributed by atoms with E-state index >= 15 is 0 Å². The molecule has 0 N–H and O–H groups in total. The third-order valence-corrected chi connectivity index (χ3v) is 3.22. The number of carboxylic acids is 1. The Morgan fingerprint density at radius 3 is 2.67 bits per heavy atom. The van der Waals surface area contributed by atoms with E-state index in [1.807, 2.05) is 25.1 Å². The maximum absolute atomic E-state index is 11.4. The number of benzene rings is 1. The van der Waals surface area contributed by atoms with Crippen molar-refractivity contribution in [3.8, 4) is 11.3 Å². The van der Waals surface area contributed by atoms with Crippen LogP contribution in [-0.4, -0.2) is 15.9 Å². The van der Waals surface area contributed by atoms with E-state index < -0.39 is 5.97 Å². The van der Waals surface area contributed by atoms with Gasteiger partial charge in [0.25, 0.3) is 0 Å². The molecule has 0 spiro atoms. The first-order valence-electron chi connectivity index (χ1n) is 6.19. The molecule has 0 radical (unpaired) electrons. The number of carboxylic acid groups (broad SMARTS) is 1. The number of rotatable bonds is 2. The molecule has 0 amide bonds. The van der Waals surface area contributed by atoms with Crippen LogP contribution in [0.25, 0.3) is 22.2 Å². The molecule has 5 heteroatoms. The summed E-state index contributed by atoms with van der Waals surface area (Å²) in [6.07, 6.45) is 3.32. The maximum Gasteiger partial charge on any atom is 1.00 e. The quantitative estimate of drug-likeness (QED) is 0.568. The first-order chi connectivity index (χ1) is 9.66. The number of aromatic carboxylic acids is 1. The first-order valence-corrected chi connectivity index (χ1v) is 6.19. The molecule has 98 valence electrons. The fourth-order valence-electron chi connectivity index (χ4n) is 2.22. The number of pyridine rings is 2. The number of aromatic nitrogens is 2. The third-order valence-electron chi connectivity index (χ3n) is 3.22. The molecular formula is C16H11KN2O2. The predicted octanol–water partition coefficient (Wildman–Crippen LogP) is -1.03. The van der Waals surface area contributed by atoms with Crippen LogP contribution in [0.4, 0.5) is 0 Å². The molecule has 0 aliphatic carbocycles. The smallest absolute Gasteiger partial charge is 0.545 e. The average molecular weight is 302 g/mol. The number of hydrogen-bond donors (Lipinski definition) is 0. The minimum atomic E-state index is -1.20. The number of para-hydroxylation sites is 1. The normalized spacial score (nSPS) is 10.1. The molecule has 21 heavy (non-hydrogen) atoms. The summed E-state index contributed by atoms with van der Waals surface area (Å²) in [5, 5.41) is 12.0. The van der Waals surface area contributed by atoms with Gasteiger partial charge in [-0.2, -0.15) is 0 Å². The Hall–Kier alpha value is -1.11. The Bertz CT molecular complexity index is 804. The Morgan fingerprint density at radius 2 is 2.00 bits per heavy atom. The molecule has 3 rings (SSSR count). The maximum atomic E-state index is 11.4. The Balaban J connectivity index is 0.00000161. The van der Waals surface area contributed by atoms with E-state index in [4.69, 9.17) is 0 Å². The first kappa shape index (κ1) is 16.3. The summed E-state index contributed by atoms with van der Waals surface area (Å²) >= 11 is 0. The van der Waals surface area contributed by atoms with Gasteiger partial charge in [0.2, 0.25) is 0 Å². The van der Waals surface area contributed by atoms with Gasteiger partial charge in [0, 0.05) is 28.9 Å². The van der Waals surface area contributed by atoms with Gasteiger partial charge in [0.1, 0.15) is 0 Å². The molecule has 0 atom stereocenters. The third kappa shape index (κ3) is 3.22. The van der Waals surface area contributed by atoms with Gasteiger partial charge in [-0.3, -0.25) is 4.98 Å². The van der Waals surface area contributed by atoms with Crippen LogP contribution in [0.3, 0.4) is 0 Å². The molecule has 1 aromatic carbocycles. The topological polar surface area (TPSA) is 65.9 Å². The van der Waals surface area contributed by atoms with Gasteiger partial charge in [0.05, 0.1) is 17.2 Å². The zero-order valence-corrected chi connectivity index (χ0v) is 15.0. The fourth-order valence-corrected chi connectivity index (χ4v) is 2.22. The molecule has 0 unspecified atom stereocenters. The molecule has 2 heterocycles. The number of aryl methyl sites for hydroxylation is 1. The number of carbonyl (C=O) groups excluding carboxylic acids is 1. The van der Waals surface area contributed by atoms with Crippen molar-refractivity contribution >= 4 is 16.9 Å². The summed E-state index contributed by atoms with van der Waals surface area (Å²) in [4.78, 5) is 19.9. The van der Waals surface area contributed by atoms with Crippen molar-refractivity contribution in [3.63, 3.8) is 0 Å². The van der Waals surface area contributed by atoms with Crippen molar-refractivity contribution in [3.05, 3.63) is 59.9 Å². The molecule has 2 aromatic heterocycles. The fraction of sp³-hybridized carbons (Fsp3) is 0.0625. The van der Waals surface area contributed by atoms with Crippen molar-refractivity contribution < 1.29 is 61.3 Å². The van der Waals surface area contributed by atoms with Crippen LogP contribution in [0.1, 0.15) is 15.9 Å². The van der Waals surface area contributed by atoms with Crippen LogP contribution in [-0.2, 0) is 0 Å². The standard InChI is InChI=1S/C16H12N2O2.K/c1-10-4-2-6-12-13(16(19)20)8-14(18-15(10)12)11-5-3-7-17-9-11;/h2-9H,1H3,(H,19,20);/q;+1/p-1. The van der Waals surface area contributed by atoms with Crippen molar-refractivity contribution in [2.75, 3.05) is 0 Å². The molecule has 0 aliphatic rings. The SMILES string of the molecule is Cc1cccc2c(C(=O)[O-])cc(-c3cccnc3)nc12.[K+]. The second-order valence-electron chi connectivity index (χ2n) is 4.56. The zero-order chi connectivity index (χ0) is 14.1. The summed E-state index contributed by atoms with van der Waals surface area (Å²) in [5.41, 5.74) is 3.11. The number of carbonyl (C=O) groups is 1. The van der Waals surface area contributed by atoms with Crippen molar-refractivity contribution in [2.45, 2.75) is 6.92 Å². The van der Waals surface area contributed by atoms with Gasteiger partial charge < -0.3 is 9.90 Å². The van der Waals surface area contributed by atoms with Gasteiger partial charge in [-0.1, -0.05) is 18.2 Å². The molecule has 0 saturated carbocycles. The molecule has 4 nitrogen and oxygen atoms in total. The second kappa shape index (κ2) is 6.76. The van der Waals surface area contributed by atoms with Crippen molar-refractivity contribution in [1.82, 2.24) is 9.97 Å². The molecule has 3 aromatic rings. The Morgan fingerprint density at radius 1 is 1.19 bits per heavy atom. The van der Waals surface area contributed by atoms with Crippen LogP contribution < -0.4 is 56.5 Å². The van der Waals surface area contributed by atoms with Gasteiger partial charge >= 0.3 is 51.4 Å². The molecule has 0 saturated heterocycles. The van der Waals surface area contributed by atoms with Crippen LogP contribution in [0.15, 0.2) is 48.8 Å². The summed E-state index contributed by atoms with van der Waals surface area (Å²) in [6, 6.07) is 10.6. The largest absolute Gasteiger partial charge is 1.00 e. The molecule has 0 aliphatic heterocycles. The zero-order valence-electron chi connectivity index (χ0n) is 11.8. The van der Waals surface area contributed by atoms with Gasteiger partial charge in [0.15, 0.2) is 0 Å². The predicted molar refractivity (Wildman–Crippen MR) is 74.0 cm³/mol. The van der Waals surface area contributed by atoms with E-state index in [-0.39, 0.29) is 56.9 Å². The monoisotopic (exact) mass is 302 g/mol. The summed E-state index contributed by atoms with van der Waals surface area (Å²) in [5.74, 6) is -1.20. The Kier molecular flexibility index (Phi) is 5.24. The van der Waals surface area contributed by atoms with Gasteiger partial charge in [-0.15, -0.1) is 0 Å². The van der Waals surface area contributed by atoms with E-state index in [1.165, 1.54) is 6.07 Å². The van der Waals surface area contributed by atoms with Gasteiger partial charge in [-0.05, 0) is 30.7 Å². The van der Waals surface area contributed by atoms with E-state index in [1.54, 1.807) is 24.5 Å². The minimum absolute atomic E-state index is 0. The van der Waals surface area contributed by atoms with Crippen LogP contribution in [0.5, 0.6) is 0 Å². The Labute approximate surface area is 164 Å². The van der Waals surface area contributed by atoms with Crippen LogP contribution >= 0.6 is 0 Å².